The third kappa shape index (κ3) is 3.41. The van der Waals surface area contributed by atoms with Gasteiger partial charge in [0.15, 0.2) is 0 Å². The minimum Gasteiger partial charge on any atom is -0.464 e. The number of ether oxygens (including phenoxy) is 1. The standard InChI is InChI=1S/C14H16BrFN2O3/c1-2-21-14(20)11-8-17-6-7-18(11)13(19)9-4-3-5-10(16)12(9)15/h3-5,11,17H,2,6-8H2,1H3. The number of amides is 1. The molecule has 0 saturated carbocycles. The number of halogens is 2. The number of carbonyl (C=O) groups is 2. The van der Waals surface area contributed by atoms with Gasteiger partial charge in [0.25, 0.3) is 5.91 Å². The lowest BCUT2D eigenvalue weighted by Gasteiger charge is -2.34. The van der Waals surface area contributed by atoms with Gasteiger partial charge in [0.1, 0.15) is 11.9 Å². The number of piperazine rings is 1. The largest absolute Gasteiger partial charge is 0.464 e. The first kappa shape index (κ1) is 15.9. The van der Waals surface area contributed by atoms with Gasteiger partial charge in [-0.2, -0.15) is 0 Å². The van der Waals surface area contributed by atoms with E-state index in [-0.39, 0.29) is 22.6 Å². The van der Waals surface area contributed by atoms with Crippen LogP contribution in [-0.4, -0.2) is 49.1 Å². The van der Waals surface area contributed by atoms with Crippen molar-refractivity contribution in [1.29, 1.82) is 0 Å². The first-order valence-electron chi connectivity index (χ1n) is 6.68. The first-order valence-corrected chi connectivity index (χ1v) is 7.48. The number of nitrogens with zero attached hydrogens (tertiary/aromatic N) is 1. The van der Waals surface area contributed by atoms with Crippen LogP contribution < -0.4 is 5.32 Å². The molecular weight excluding hydrogens is 343 g/mol. The van der Waals surface area contributed by atoms with Crippen LogP contribution in [-0.2, 0) is 9.53 Å². The highest BCUT2D eigenvalue weighted by molar-refractivity contribution is 9.10. The van der Waals surface area contributed by atoms with Crippen LogP contribution in [0.3, 0.4) is 0 Å². The first-order chi connectivity index (χ1) is 10.1. The summed E-state index contributed by atoms with van der Waals surface area (Å²) in [7, 11) is 0. The van der Waals surface area contributed by atoms with E-state index in [1.54, 1.807) is 6.92 Å². The topological polar surface area (TPSA) is 58.6 Å². The highest BCUT2D eigenvalue weighted by Crippen LogP contribution is 2.23. The summed E-state index contributed by atoms with van der Waals surface area (Å²) >= 11 is 3.08. The molecule has 1 saturated heterocycles. The molecule has 0 radical (unpaired) electrons. The van der Waals surface area contributed by atoms with E-state index in [0.29, 0.717) is 19.6 Å². The van der Waals surface area contributed by atoms with Crippen molar-refractivity contribution in [2.75, 3.05) is 26.2 Å². The van der Waals surface area contributed by atoms with Crippen molar-refractivity contribution in [2.24, 2.45) is 0 Å². The zero-order valence-corrected chi connectivity index (χ0v) is 13.2. The maximum absolute atomic E-state index is 13.6. The molecule has 0 bridgehead atoms. The summed E-state index contributed by atoms with van der Waals surface area (Å²) in [5.74, 6) is -1.35. The smallest absolute Gasteiger partial charge is 0.330 e. The molecule has 21 heavy (non-hydrogen) atoms. The van der Waals surface area contributed by atoms with Crippen LogP contribution in [0.1, 0.15) is 17.3 Å². The molecule has 1 aromatic rings. The molecule has 7 heteroatoms. The number of hydrogen-bond donors (Lipinski definition) is 1. The molecule has 1 amide bonds. The average Bonchev–Trinajstić information content (AvgIpc) is 2.49. The van der Waals surface area contributed by atoms with Crippen molar-refractivity contribution >= 4 is 27.8 Å². The van der Waals surface area contributed by atoms with Crippen LogP contribution in [0, 0.1) is 5.82 Å². The van der Waals surface area contributed by atoms with Crippen molar-refractivity contribution in [3.63, 3.8) is 0 Å². The second kappa shape index (κ2) is 7.00. The Morgan fingerprint density at radius 2 is 2.29 bits per heavy atom. The van der Waals surface area contributed by atoms with Gasteiger partial charge in [0.05, 0.1) is 16.6 Å². The number of nitrogens with one attached hydrogen (secondary N) is 1. The van der Waals surface area contributed by atoms with Gasteiger partial charge < -0.3 is 15.0 Å². The molecule has 1 unspecified atom stereocenters. The molecular formula is C14H16BrFN2O3. The summed E-state index contributed by atoms with van der Waals surface area (Å²) in [5.41, 5.74) is 0.200. The minimum absolute atomic E-state index is 0.108. The summed E-state index contributed by atoms with van der Waals surface area (Å²) in [6, 6.07) is 3.57. The SMILES string of the molecule is CCOC(=O)C1CNCCN1C(=O)c1cccc(F)c1Br. The average molecular weight is 359 g/mol. The molecule has 114 valence electrons. The monoisotopic (exact) mass is 358 g/mol. The summed E-state index contributed by atoms with van der Waals surface area (Å²) in [6.45, 7) is 3.24. The van der Waals surface area contributed by atoms with E-state index in [9.17, 15) is 14.0 Å². The van der Waals surface area contributed by atoms with Gasteiger partial charge in [0, 0.05) is 19.6 Å². The molecule has 1 aromatic carbocycles. The number of carbonyl (C=O) groups excluding carboxylic acids is 2. The number of rotatable bonds is 3. The molecule has 1 aliphatic rings. The van der Waals surface area contributed by atoms with Gasteiger partial charge >= 0.3 is 5.97 Å². The van der Waals surface area contributed by atoms with Crippen LogP contribution in [0.2, 0.25) is 0 Å². The summed E-state index contributed by atoms with van der Waals surface area (Å²) in [6.07, 6.45) is 0. The van der Waals surface area contributed by atoms with E-state index >= 15 is 0 Å². The van der Waals surface area contributed by atoms with E-state index in [1.807, 2.05) is 0 Å². The second-order valence-electron chi connectivity index (χ2n) is 4.57. The minimum atomic E-state index is -0.693. The Kier molecular flexibility index (Phi) is 5.30. The van der Waals surface area contributed by atoms with Crippen molar-refractivity contribution in [1.82, 2.24) is 10.2 Å². The Balaban J connectivity index is 2.26. The van der Waals surface area contributed by atoms with Gasteiger partial charge in [-0.1, -0.05) is 6.07 Å². The number of esters is 1. The number of benzene rings is 1. The molecule has 1 N–H and O–H groups in total. The van der Waals surface area contributed by atoms with Crippen molar-refractivity contribution in [3.05, 3.63) is 34.1 Å². The Morgan fingerprint density at radius 3 is 3.00 bits per heavy atom. The summed E-state index contributed by atoms with van der Waals surface area (Å²) in [5, 5.41) is 3.06. The quantitative estimate of drug-likeness (QED) is 0.833. The van der Waals surface area contributed by atoms with Crippen molar-refractivity contribution in [3.8, 4) is 0 Å². The van der Waals surface area contributed by atoms with Crippen LogP contribution in [0.5, 0.6) is 0 Å². The summed E-state index contributed by atoms with van der Waals surface area (Å²) in [4.78, 5) is 26.0. The summed E-state index contributed by atoms with van der Waals surface area (Å²) < 4.78 is 18.7. The maximum Gasteiger partial charge on any atom is 0.330 e. The molecule has 1 fully saturated rings. The second-order valence-corrected chi connectivity index (χ2v) is 5.36. The maximum atomic E-state index is 13.6. The Labute approximate surface area is 130 Å². The van der Waals surface area contributed by atoms with Gasteiger partial charge in [0.2, 0.25) is 0 Å². The Bertz CT molecular complexity index is 553. The van der Waals surface area contributed by atoms with Gasteiger partial charge in [-0.05, 0) is 35.0 Å². The van der Waals surface area contributed by atoms with E-state index in [1.165, 1.54) is 23.1 Å². The third-order valence-corrected chi connectivity index (χ3v) is 4.05. The highest BCUT2D eigenvalue weighted by Gasteiger charge is 2.34. The number of hydrogen-bond acceptors (Lipinski definition) is 4. The fourth-order valence-corrected chi connectivity index (χ4v) is 2.65. The Hall–Kier alpha value is -1.47. The molecule has 5 nitrogen and oxygen atoms in total. The third-order valence-electron chi connectivity index (χ3n) is 3.24. The van der Waals surface area contributed by atoms with Crippen LogP contribution in [0.25, 0.3) is 0 Å². The predicted molar refractivity (Wildman–Crippen MR) is 78.4 cm³/mol. The Morgan fingerprint density at radius 1 is 1.52 bits per heavy atom. The zero-order chi connectivity index (χ0) is 15.4. The molecule has 0 spiro atoms. The normalized spacial score (nSPS) is 18.4. The highest BCUT2D eigenvalue weighted by atomic mass is 79.9. The van der Waals surface area contributed by atoms with E-state index in [2.05, 4.69) is 21.2 Å². The van der Waals surface area contributed by atoms with E-state index in [4.69, 9.17) is 4.74 Å². The molecule has 0 aromatic heterocycles. The van der Waals surface area contributed by atoms with Crippen LogP contribution in [0.4, 0.5) is 4.39 Å². The molecule has 2 rings (SSSR count). The lowest BCUT2D eigenvalue weighted by atomic mass is 10.1. The molecule has 1 heterocycles. The molecule has 0 aliphatic carbocycles. The van der Waals surface area contributed by atoms with Crippen molar-refractivity contribution in [2.45, 2.75) is 13.0 Å². The van der Waals surface area contributed by atoms with Gasteiger partial charge in [-0.3, -0.25) is 4.79 Å². The van der Waals surface area contributed by atoms with Crippen LogP contribution >= 0.6 is 15.9 Å². The van der Waals surface area contributed by atoms with Gasteiger partial charge in [-0.25, -0.2) is 9.18 Å². The lowest BCUT2D eigenvalue weighted by molar-refractivity contribution is -0.149. The lowest BCUT2D eigenvalue weighted by Crippen LogP contribution is -2.57. The fourth-order valence-electron chi connectivity index (χ4n) is 2.22. The van der Waals surface area contributed by atoms with E-state index < -0.39 is 17.8 Å². The zero-order valence-electron chi connectivity index (χ0n) is 11.6. The van der Waals surface area contributed by atoms with E-state index in [0.717, 1.165) is 0 Å². The van der Waals surface area contributed by atoms with Crippen molar-refractivity contribution < 1.29 is 18.7 Å². The van der Waals surface area contributed by atoms with Gasteiger partial charge in [-0.15, -0.1) is 0 Å². The van der Waals surface area contributed by atoms with Crippen LogP contribution in [0.15, 0.2) is 22.7 Å². The predicted octanol–water partition coefficient (Wildman–Crippen LogP) is 1.57. The fraction of sp³-hybridized carbons (Fsp3) is 0.429. The molecule has 1 aliphatic heterocycles. The molecule has 1 atom stereocenters.